The summed E-state index contributed by atoms with van der Waals surface area (Å²) in [6.45, 7) is 4.95. The molecule has 134 valence electrons. The van der Waals surface area contributed by atoms with Crippen LogP contribution in [0.4, 0.5) is 0 Å². The Bertz CT molecular complexity index is 723. The van der Waals surface area contributed by atoms with Crippen LogP contribution in [-0.4, -0.2) is 56.1 Å². The van der Waals surface area contributed by atoms with Crippen LogP contribution in [0.1, 0.15) is 20.8 Å². The number of rotatable bonds is 5. The molecular weight excluding hydrogens is 344 g/mol. The summed E-state index contributed by atoms with van der Waals surface area (Å²) in [4.78, 5) is 37.6. The van der Waals surface area contributed by atoms with Crippen molar-refractivity contribution in [1.82, 2.24) is 10.2 Å². The van der Waals surface area contributed by atoms with Crippen LogP contribution >= 0.6 is 11.8 Å². The molecule has 2 saturated heterocycles. The van der Waals surface area contributed by atoms with E-state index in [-0.39, 0.29) is 17.9 Å². The number of aliphatic carboxylic acids is 1. The lowest BCUT2D eigenvalue weighted by atomic mass is 9.82. The number of ether oxygens (including phenoxy) is 1. The van der Waals surface area contributed by atoms with Gasteiger partial charge in [-0.25, -0.2) is 4.79 Å². The molecule has 2 aliphatic heterocycles. The molecule has 1 aromatic carbocycles. The number of thioether (sulfide) groups is 1. The van der Waals surface area contributed by atoms with Crippen LogP contribution in [0.25, 0.3) is 0 Å². The summed E-state index contributed by atoms with van der Waals surface area (Å²) in [6, 6.07) is 8.17. The Hall–Kier alpha value is -2.22. The number of para-hydroxylation sites is 1. The fourth-order valence-electron chi connectivity index (χ4n) is 3.14. The SMILES string of the molecule is CC1(C)S[C@@H]2[C@H](NC(=O)COc3ccccc3)C(=O)N2[C@@]1(C)C(=O)O. The molecular formula is C17H20N2O5S. The number of nitrogens with one attached hydrogen (secondary N) is 1. The van der Waals surface area contributed by atoms with Crippen LogP contribution in [0.2, 0.25) is 0 Å². The number of benzene rings is 1. The molecule has 0 spiro atoms. The minimum Gasteiger partial charge on any atom is -0.484 e. The first-order valence-corrected chi connectivity index (χ1v) is 8.78. The van der Waals surface area contributed by atoms with E-state index < -0.39 is 28.2 Å². The Balaban J connectivity index is 1.64. The minimum absolute atomic E-state index is 0.204. The van der Waals surface area contributed by atoms with Crippen molar-refractivity contribution >= 4 is 29.5 Å². The highest BCUT2D eigenvalue weighted by atomic mass is 32.2. The lowest BCUT2D eigenvalue weighted by Gasteiger charge is -2.48. The number of carboxylic acid groups (broad SMARTS) is 1. The van der Waals surface area contributed by atoms with Crippen LogP contribution in [0.15, 0.2) is 30.3 Å². The van der Waals surface area contributed by atoms with Crippen molar-refractivity contribution < 1.29 is 24.2 Å². The van der Waals surface area contributed by atoms with Gasteiger partial charge in [0.1, 0.15) is 17.2 Å². The average molecular weight is 364 g/mol. The molecule has 2 heterocycles. The molecule has 2 N–H and O–H groups in total. The number of amides is 2. The third kappa shape index (κ3) is 2.64. The van der Waals surface area contributed by atoms with Gasteiger partial charge in [-0.05, 0) is 32.9 Å². The Morgan fingerprint density at radius 3 is 2.52 bits per heavy atom. The van der Waals surface area contributed by atoms with Crippen molar-refractivity contribution in [3.8, 4) is 5.75 Å². The summed E-state index contributed by atoms with van der Waals surface area (Å²) in [5.74, 6) is -1.27. The van der Waals surface area contributed by atoms with E-state index >= 15 is 0 Å². The third-order valence-electron chi connectivity index (χ3n) is 4.96. The zero-order valence-electron chi connectivity index (χ0n) is 14.2. The van der Waals surface area contributed by atoms with E-state index in [1.165, 1.54) is 16.7 Å². The Kier molecular flexibility index (Phi) is 4.18. The van der Waals surface area contributed by atoms with Gasteiger partial charge in [-0.1, -0.05) is 18.2 Å². The number of hydrogen-bond acceptors (Lipinski definition) is 5. The Morgan fingerprint density at radius 1 is 1.28 bits per heavy atom. The van der Waals surface area contributed by atoms with E-state index in [9.17, 15) is 19.5 Å². The largest absolute Gasteiger partial charge is 0.484 e. The van der Waals surface area contributed by atoms with Gasteiger partial charge in [0.2, 0.25) is 5.91 Å². The van der Waals surface area contributed by atoms with Gasteiger partial charge in [0.05, 0.1) is 0 Å². The molecule has 0 unspecified atom stereocenters. The molecule has 2 aliphatic rings. The summed E-state index contributed by atoms with van der Waals surface area (Å²) < 4.78 is 4.70. The van der Waals surface area contributed by atoms with Crippen molar-refractivity contribution in [3.63, 3.8) is 0 Å². The number of carboxylic acids is 1. The van der Waals surface area contributed by atoms with Crippen molar-refractivity contribution in [2.45, 2.75) is 42.5 Å². The van der Waals surface area contributed by atoms with E-state index in [0.717, 1.165) is 0 Å². The van der Waals surface area contributed by atoms with Gasteiger partial charge in [-0.2, -0.15) is 0 Å². The van der Waals surface area contributed by atoms with Crippen molar-refractivity contribution in [2.24, 2.45) is 0 Å². The van der Waals surface area contributed by atoms with Crippen LogP contribution in [0, 0.1) is 0 Å². The number of nitrogens with zero attached hydrogens (tertiary/aromatic N) is 1. The smallest absolute Gasteiger partial charge is 0.330 e. The van der Waals surface area contributed by atoms with E-state index in [2.05, 4.69) is 5.32 Å². The molecule has 1 aromatic rings. The van der Waals surface area contributed by atoms with E-state index in [0.29, 0.717) is 5.75 Å². The van der Waals surface area contributed by atoms with Crippen LogP contribution in [0.3, 0.4) is 0 Å². The normalized spacial score (nSPS) is 29.6. The van der Waals surface area contributed by atoms with Gasteiger partial charge >= 0.3 is 5.97 Å². The minimum atomic E-state index is -1.30. The van der Waals surface area contributed by atoms with Gasteiger partial charge in [0, 0.05) is 4.75 Å². The maximum atomic E-state index is 12.5. The molecule has 2 fully saturated rings. The van der Waals surface area contributed by atoms with Crippen LogP contribution < -0.4 is 10.1 Å². The second kappa shape index (κ2) is 5.94. The number of β-lactam (4-membered cyclic amide) rings is 1. The maximum Gasteiger partial charge on any atom is 0.330 e. The first-order valence-electron chi connectivity index (χ1n) is 7.90. The first-order chi connectivity index (χ1) is 11.7. The molecule has 0 aliphatic carbocycles. The van der Waals surface area contributed by atoms with Crippen LogP contribution in [0.5, 0.6) is 5.75 Å². The topological polar surface area (TPSA) is 95.9 Å². The second-order valence-electron chi connectivity index (χ2n) is 6.75. The van der Waals surface area contributed by atoms with Crippen molar-refractivity contribution in [2.75, 3.05) is 6.61 Å². The monoisotopic (exact) mass is 364 g/mol. The lowest BCUT2D eigenvalue weighted by Crippen LogP contribution is -2.74. The van der Waals surface area contributed by atoms with Gasteiger partial charge in [-0.15, -0.1) is 11.8 Å². The Morgan fingerprint density at radius 2 is 1.92 bits per heavy atom. The molecule has 0 aromatic heterocycles. The van der Waals surface area contributed by atoms with E-state index in [4.69, 9.17) is 4.74 Å². The molecule has 0 bridgehead atoms. The zero-order valence-corrected chi connectivity index (χ0v) is 15.0. The van der Waals surface area contributed by atoms with E-state index in [1.807, 2.05) is 6.07 Å². The molecule has 0 radical (unpaired) electrons. The first kappa shape index (κ1) is 17.6. The molecule has 0 saturated carbocycles. The number of hydrogen-bond donors (Lipinski definition) is 2. The fourth-order valence-corrected chi connectivity index (χ4v) is 4.90. The highest BCUT2D eigenvalue weighted by Gasteiger charge is 2.70. The average Bonchev–Trinajstić information content (AvgIpc) is 2.77. The molecule has 25 heavy (non-hydrogen) atoms. The Labute approximate surface area is 149 Å². The lowest BCUT2D eigenvalue weighted by molar-refractivity contribution is -0.170. The van der Waals surface area contributed by atoms with Gasteiger partial charge in [-0.3, -0.25) is 9.59 Å². The summed E-state index contributed by atoms with van der Waals surface area (Å²) in [5.41, 5.74) is -1.30. The van der Waals surface area contributed by atoms with Crippen molar-refractivity contribution in [1.29, 1.82) is 0 Å². The van der Waals surface area contributed by atoms with Crippen molar-refractivity contribution in [3.05, 3.63) is 30.3 Å². The summed E-state index contributed by atoms with van der Waals surface area (Å²) in [7, 11) is 0. The molecule has 3 atom stereocenters. The second-order valence-corrected chi connectivity index (χ2v) is 8.49. The molecule has 3 rings (SSSR count). The molecule has 2 amide bonds. The number of fused-ring (bicyclic) bond motifs is 1. The number of carbonyl (C=O) groups is 3. The van der Waals surface area contributed by atoms with Gasteiger partial charge in [0.15, 0.2) is 12.1 Å². The highest BCUT2D eigenvalue weighted by Crippen LogP contribution is 2.56. The van der Waals surface area contributed by atoms with Gasteiger partial charge < -0.3 is 20.1 Å². The number of carbonyl (C=O) groups excluding carboxylic acids is 2. The summed E-state index contributed by atoms with van der Waals surface area (Å²) >= 11 is 1.39. The van der Waals surface area contributed by atoms with E-state index in [1.54, 1.807) is 45.0 Å². The highest BCUT2D eigenvalue weighted by molar-refractivity contribution is 8.01. The zero-order chi connectivity index (χ0) is 18.4. The standard InChI is InChI=1S/C17H20N2O5S/c1-16(2)17(3,15(22)23)19-13(21)12(14(19)25-16)18-11(20)9-24-10-7-5-4-6-8-10/h4-8,12,14H,9H2,1-3H3,(H,18,20)(H,22,23)/t12-,14-,17+/m1/s1. The predicted octanol–water partition coefficient (Wildman–Crippen LogP) is 1.09. The fraction of sp³-hybridized carbons (Fsp3) is 0.471. The van der Waals surface area contributed by atoms with Crippen LogP contribution in [-0.2, 0) is 14.4 Å². The quantitative estimate of drug-likeness (QED) is 0.760. The molecule has 8 heteroatoms. The predicted molar refractivity (Wildman–Crippen MR) is 92.2 cm³/mol. The summed E-state index contributed by atoms with van der Waals surface area (Å²) in [6.07, 6.45) is 0. The molecule has 7 nitrogen and oxygen atoms in total. The maximum absolute atomic E-state index is 12.5. The summed E-state index contributed by atoms with van der Waals surface area (Å²) in [5, 5.41) is 11.9. The third-order valence-corrected chi connectivity index (χ3v) is 6.67. The van der Waals surface area contributed by atoms with Gasteiger partial charge in [0.25, 0.3) is 5.91 Å².